The van der Waals surface area contributed by atoms with E-state index < -0.39 is 10.5 Å². The van der Waals surface area contributed by atoms with Crippen LogP contribution in [0.4, 0.5) is 0 Å². The molecule has 4 heteroatoms. The van der Waals surface area contributed by atoms with Gasteiger partial charge in [-0.3, -0.25) is 8.37 Å². The van der Waals surface area contributed by atoms with E-state index in [4.69, 9.17) is 8.37 Å². The van der Waals surface area contributed by atoms with Crippen molar-refractivity contribution in [1.82, 2.24) is 0 Å². The van der Waals surface area contributed by atoms with Crippen LogP contribution in [0.25, 0.3) is 0 Å². The lowest BCUT2D eigenvalue weighted by atomic mass is 9.98. The first-order valence-electron chi connectivity index (χ1n) is 12.0. The molecule has 1 fully saturated rings. The Balaban J connectivity index is 1.81. The summed E-state index contributed by atoms with van der Waals surface area (Å²) >= 11 is 0. The van der Waals surface area contributed by atoms with Crippen LogP contribution in [0.1, 0.15) is 129 Å². The van der Waals surface area contributed by atoms with Crippen LogP contribution in [0.2, 0.25) is 0 Å². The van der Waals surface area contributed by atoms with Crippen LogP contribution in [0, 0.1) is 0 Å². The highest BCUT2D eigenvalue weighted by atomic mass is 32.3. The summed E-state index contributed by atoms with van der Waals surface area (Å²) in [5.41, 5.74) is 0. The maximum atomic E-state index is 12.4. The molecule has 0 spiro atoms. The summed E-state index contributed by atoms with van der Waals surface area (Å²) in [6.45, 7) is 2.86. The van der Waals surface area contributed by atoms with Gasteiger partial charge in [-0.25, -0.2) is 4.21 Å². The zero-order chi connectivity index (χ0) is 19.6. The number of hydrogen-bond acceptors (Lipinski definition) is 3. The Labute approximate surface area is 171 Å². The predicted molar refractivity (Wildman–Crippen MR) is 120 cm³/mol. The van der Waals surface area contributed by atoms with E-state index in [1.54, 1.807) is 6.26 Å². The highest BCUT2D eigenvalue weighted by molar-refractivity contribution is 7.93. The van der Waals surface area contributed by atoms with E-state index >= 15 is 0 Å². The lowest BCUT2D eigenvalue weighted by molar-refractivity contribution is 0.134. The summed E-state index contributed by atoms with van der Waals surface area (Å²) in [4.78, 5) is 0. The molecular formula is C23H48O3S. The maximum Gasteiger partial charge on any atom is 0.0755 e. The van der Waals surface area contributed by atoms with Gasteiger partial charge in [0, 0.05) is 6.26 Å². The van der Waals surface area contributed by atoms with Gasteiger partial charge in [0.25, 0.3) is 0 Å². The summed E-state index contributed by atoms with van der Waals surface area (Å²) in [6, 6.07) is 0. The van der Waals surface area contributed by atoms with E-state index in [1.807, 2.05) is 0 Å². The lowest BCUT2D eigenvalue weighted by Gasteiger charge is -2.28. The fourth-order valence-electron chi connectivity index (χ4n) is 4.00. The first kappa shape index (κ1) is 25.1. The molecule has 0 heterocycles. The number of unbranched alkanes of at least 4 members (excludes halogenated alkanes) is 13. The Morgan fingerprint density at radius 2 is 1.15 bits per heavy atom. The quantitative estimate of drug-likeness (QED) is 0.192. The average molecular weight is 405 g/mol. The van der Waals surface area contributed by atoms with Crippen molar-refractivity contribution in [2.75, 3.05) is 12.9 Å². The van der Waals surface area contributed by atoms with Crippen molar-refractivity contribution in [3.8, 4) is 0 Å². The fraction of sp³-hybridized carbons (Fsp3) is 1.00. The van der Waals surface area contributed by atoms with Crippen LogP contribution >= 0.6 is 0 Å². The minimum absolute atomic E-state index is 0.158. The Morgan fingerprint density at radius 3 is 1.63 bits per heavy atom. The van der Waals surface area contributed by atoms with Crippen molar-refractivity contribution in [3.63, 3.8) is 0 Å². The second kappa shape index (κ2) is 17.0. The van der Waals surface area contributed by atoms with Crippen molar-refractivity contribution in [1.29, 1.82) is 0 Å². The Kier molecular flexibility index (Phi) is 15.8. The summed E-state index contributed by atoms with van der Waals surface area (Å²) in [6.07, 6.45) is 26.4. The molecule has 0 bridgehead atoms. The Hall–Kier alpha value is 0.0700. The van der Waals surface area contributed by atoms with Gasteiger partial charge in [0.05, 0.1) is 23.2 Å². The molecule has 0 aromatic carbocycles. The van der Waals surface area contributed by atoms with Crippen molar-refractivity contribution in [2.24, 2.45) is 0 Å². The second-order valence-electron chi connectivity index (χ2n) is 8.57. The van der Waals surface area contributed by atoms with Gasteiger partial charge in [-0.05, 0) is 19.3 Å². The molecule has 164 valence electrons. The third kappa shape index (κ3) is 15.6. The van der Waals surface area contributed by atoms with Crippen LogP contribution in [0.5, 0.6) is 0 Å². The third-order valence-electron chi connectivity index (χ3n) is 5.72. The van der Waals surface area contributed by atoms with Crippen LogP contribution in [0.3, 0.4) is 0 Å². The van der Waals surface area contributed by atoms with Gasteiger partial charge in [0.1, 0.15) is 0 Å². The van der Waals surface area contributed by atoms with Gasteiger partial charge in [0.15, 0.2) is 0 Å². The molecule has 0 aliphatic heterocycles. The average Bonchev–Trinajstić information content (AvgIpc) is 2.65. The number of rotatable bonds is 18. The minimum atomic E-state index is -2.85. The highest BCUT2D eigenvalue weighted by Gasteiger charge is 2.19. The molecule has 0 aromatic rings. The molecule has 3 nitrogen and oxygen atoms in total. The van der Waals surface area contributed by atoms with E-state index in [0.29, 0.717) is 6.61 Å². The van der Waals surface area contributed by atoms with E-state index in [9.17, 15) is 4.21 Å². The molecule has 1 saturated carbocycles. The third-order valence-corrected chi connectivity index (χ3v) is 7.05. The molecule has 0 radical (unpaired) electrons. The molecule has 0 N–H and O–H groups in total. The number of thiol groups is 1. The minimum Gasteiger partial charge on any atom is -0.294 e. The molecular weight excluding hydrogens is 356 g/mol. The first-order chi connectivity index (χ1) is 13.1. The van der Waals surface area contributed by atoms with Crippen LogP contribution in [0.15, 0.2) is 0 Å². The van der Waals surface area contributed by atoms with Crippen LogP contribution < -0.4 is 0 Å². The molecule has 0 unspecified atom stereocenters. The standard InChI is InChI=1S/C23H48O3S/c1-3-4-5-6-7-8-9-10-11-12-13-14-15-19-22-25-27(2,24)26-23-20-17-16-18-21-23/h23,27H,3-22H2,1-2H3. The predicted octanol–water partition coefficient (Wildman–Crippen LogP) is 7.31. The first-order valence-corrected chi connectivity index (χ1v) is 14.0. The summed E-state index contributed by atoms with van der Waals surface area (Å²) in [7, 11) is -2.85. The molecule has 0 saturated heterocycles. The summed E-state index contributed by atoms with van der Waals surface area (Å²) in [5.74, 6) is 0. The van der Waals surface area contributed by atoms with E-state index in [-0.39, 0.29) is 6.10 Å². The van der Waals surface area contributed by atoms with Gasteiger partial charge in [-0.2, -0.15) is 0 Å². The summed E-state index contributed by atoms with van der Waals surface area (Å²) < 4.78 is 23.7. The maximum absolute atomic E-state index is 12.4. The molecule has 0 amide bonds. The Morgan fingerprint density at radius 1 is 0.704 bits per heavy atom. The van der Waals surface area contributed by atoms with E-state index in [0.717, 1.165) is 19.3 Å². The van der Waals surface area contributed by atoms with Gasteiger partial charge in [-0.15, -0.1) is 0 Å². The molecule has 27 heavy (non-hydrogen) atoms. The normalized spacial score (nSPS) is 16.7. The zero-order valence-corrected chi connectivity index (χ0v) is 19.3. The largest absolute Gasteiger partial charge is 0.294 e. The summed E-state index contributed by atoms with van der Waals surface area (Å²) in [5, 5.41) is 0. The second-order valence-corrected chi connectivity index (χ2v) is 10.6. The van der Waals surface area contributed by atoms with E-state index in [1.165, 1.54) is 103 Å². The molecule has 1 aliphatic carbocycles. The monoisotopic (exact) mass is 404 g/mol. The molecule has 0 atom stereocenters. The highest BCUT2D eigenvalue weighted by Crippen LogP contribution is 2.24. The van der Waals surface area contributed by atoms with Crippen molar-refractivity contribution < 1.29 is 12.6 Å². The van der Waals surface area contributed by atoms with Crippen molar-refractivity contribution in [3.05, 3.63) is 0 Å². The topological polar surface area (TPSA) is 35.5 Å². The SMILES string of the molecule is CCCCCCCCCCCCCCCCO[SH](C)(=O)OC1CCCCC1. The van der Waals surface area contributed by atoms with Crippen molar-refractivity contribution >= 4 is 10.5 Å². The van der Waals surface area contributed by atoms with Crippen molar-refractivity contribution in [2.45, 2.75) is 135 Å². The fourth-order valence-corrected chi connectivity index (χ4v) is 5.27. The van der Waals surface area contributed by atoms with Crippen LogP contribution in [-0.2, 0) is 18.9 Å². The molecule has 0 aromatic heterocycles. The van der Waals surface area contributed by atoms with Gasteiger partial charge in [-0.1, -0.05) is 110 Å². The van der Waals surface area contributed by atoms with Gasteiger partial charge < -0.3 is 0 Å². The van der Waals surface area contributed by atoms with E-state index in [2.05, 4.69) is 6.92 Å². The van der Waals surface area contributed by atoms with Gasteiger partial charge >= 0.3 is 0 Å². The smallest absolute Gasteiger partial charge is 0.0755 e. The molecule has 1 aliphatic rings. The Bertz CT molecular complexity index is 367. The molecule has 1 rings (SSSR count). The lowest BCUT2D eigenvalue weighted by Crippen LogP contribution is -2.27. The zero-order valence-electron chi connectivity index (χ0n) is 18.4. The van der Waals surface area contributed by atoms with Crippen LogP contribution in [-0.4, -0.2) is 23.2 Å². The number of hydrogen-bond donors (Lipinski definition) is 1. The van der Waals surface area contributed by atoms with Gasteiger partial charge in [0.2, 0.25) is 0 Å².